The molecule has 0 saturated carbocycles. The summed E-state index contributed by atoms with van der Waals surface area (Å²) in [5, 5.41) is 1.21. The SMILES string of the molecule is Clc1cccc(-n2cccc2CN2CCCCC2)c1Cl. The first-order valence-corrected chi connectivity index (χ1v) is 7.84. The number of likely N-dealkylation sites (tertiary alicyclic amines) is 1. The standard InChI is InChI=1S/C16H18Cl2N2/c17-14-7-4-8-15(16(14)18)20-11-5-6-13(20)12-19-9-2-1-3-10-19/h4-8,11H,1-3,9-10,12H2. The van der Waals surface area contributed by atoms with E-state index >= 15 is 0 Å². The maximum atomic E-state index is 6.33. The van der Waals surface area contributed by atoms with Crippen molar-refractivity contribution in [2.75, 3.05) is 13.1 Å². The predicted molar refractivity (Wildman–Crippen MR) is 84.9 cm³/mol. The normalized spacial score (nSPS) is 16.5. The Labute approximate surface area is 129 Å². The summed E-state index contributed by atoms with van der Waals surface area (Å²) in [4.78, 5) is 2.51. The summed E-state index contributed by atoms with van der Waals surface area (Å²) in [6, 6.07) is 9.99. The van der Waals surface area contributed by atoms with Gasteiger partial charge in [-0.25, -0.2) is 0 Å². The Balaban J connectivity index is 1.87. The quantitative estimate of drug-likeness (QED) is 0.793. The number of benzene rings is 1. The number of piperidine rings is 1. The van der Waals surface area contributed by atoms with Crippen molar-refractivity contribution in [1.29, 1.82) is 0 Å². The first-order chi connectivity index (χ1) is 9.75. The lowest BCUT2D eigenvalue weighted by atomic mass is 10.1. The van der Waals surface area contributed by atoms with Gasteiger partial charge in [-0.2, -0.15) is 0 Å². The van der Waals surface area contributed by atoms with Gasteiger partial charge >= 0.3 is 0 Å². The molecule has 1 aliphatic rings. The van der Waals surface area contributed by atoms with Crippen LogP contribution in [0, 0.1) is 0 Å². The molecule has 1 saturated heterocycles. The van der Waals surface area contributed by atoms with Gasteiger partial charge in [0, 0.05) is 18.4 Å². The van der Waals surface area contributed by atoms with Crippen LogP contribution in [-0.4, -0.2) is 22.6 Å². The average Bonchev–Trinajstić information content (AvgIpc) is 2.91. The van der Waals surface area contributed by atoms with Crippen LogP contribution in [0.1, 0.15) is 25.0 Å². The number of rotatable bonds is 3. The second kappa shape index (κ2) is 6.21. The molecule has 1 fully saturated rings. The maximum Gasteiger partial charge on any atom is 0.0832 e. The van der Waals surface area contributed by atoms with E-state index in [0.29, 0.717) is 10.0 Å². The largest absolute Gasteiger partial charge is 0.318 e. The summed E-state index contributed by atoms with van der Waals surface area (Å²) in [7, 11) is 0. The van der Waals surface area contributed by atoms with E-state index in [1.807, 2.05) is 18.2 Å². The van der Waals surface area contributed by atoms with Crippen LogP contribution in [0.25, 0.3) is 5.69 Å². The molecule has 2 heterocycles. The van der Waals surface area contributed by atoms with E-state index in [-0.39, 0.29) is 0 Å². The molecule has 1 aromatic carbocycles. The second-order valence-corrected chi connectivity index (χ2v) is 6.06. The molecule has 20 heavy (non-hydrogen) atoms. The lowest BCUT2D eigenvalue weighted by Crippen LogP contribution is -2.29. The Kier molecular flexibility index (Phi) is 4.35. The van der Waals surface area contributed by atoms with Gasteiger partial charge < -0.3 is 4.57 Å². The molecule has 106 valence electrons. The number of hydrogen-bond acceptors (Lipinski definition) is 1. The second-order valence-electron chi connectivity index (χ2n) is 5.28. The molecule has 1 aliphatic heterocycles. The Morgan fingerprint density at radius 3 is 2.55 bits per heavy atom. The van der Waals surface area contributed by atoms with E-state index < -0.39 is 0 Å². The fraction of sp³-hybridized carbons (Fsp3) is 0.375. The van der Waals surface area contributed by atoms with Crippen LogP contribution in [0.5, 0.6) is 0 Å². The molecule has 0 amide bonds. The van der Waals surface area contributed by atoms with Gasteiger partial charge in [0.05, 0.1) is 15.7 Å². The molecular formula is C16H18Cl2N2. The molecule has 3 rings (SSSR count). The zero-order valence-electron chi connectivity index (χ0n) is 11.4. The molecule has 0 unspecified atom stereocenters. The van der Waals surface area contributed by atoms with Crippen molar-refractivity contribution in [2.45, 2.75) is 25.8 Å². The molecule has 4 heteroatoms. The third-order valence-electron chi connectivity index (χ3n) is 3.86. The van der Waals surface area contributed by atoms with Crippen LogP contribution in [0.3, 0.4) is 0 Å². The van der Waals surface area contributed by atoms with Gasteiger partial charge in [0.15, 0.2) is 0 Å². The monoisotopic (exact) mass is 308 g/mol. The first kappa shape index (κ1) is 14.0. The van der Waals surface area contributed by atoms with Crippen LogP contribution in [0.2, 0.25) is 10.0 Å². The third-order valence-corrected chi connectivity index (χ3v) is 4.67. The van der Waals surface area contributed by atoms with Crippen LogP contribution < -0.4 is 0 Å². The topological polar surface area (TPSA) is 8.17 Å². The van der Waals surface area contributed by atoms with Crippen LogP contribution >= 0.6 is 23.2 Å². The smallest absolute Gasteiger partial charge is 0.0832 e. The molecule has 0 N–H and O–H groups in total. The van der Waals surface area contributed by atoms with Gasteiger partial charge in [0.25, 0.3) is 0 Å². The Morgan fingerprint density at radius 2 is 1.75 bits per heavy atom. The summed E-state index contributed by atoms with van der Waals surface area (Å²) in [6.45, 7) is 3.35. The molecule has 2 aromatic rings. The minimum Gasteiger partial charge on any atom is -0.318 e. The Hall–Kier alpha value is -0.960. The van der Waals surface area contributed by atoms with E-state index in [4.69, 9.17) is 23.2 Å². The van der Waals surface area contributed by atoms with Gasteiger partial charge in [-0.1, -0.05) is 35.7 Å². The number of nitrogens with zero attached hydrogens (tertiary/aromatic N) is 2. The Bertz CT molecular complexity index is 586. The third kappa shape index (κ3) is 2.88. The zero-order valence-corrected chi connectivity index (χ0v) is 12.9. The van der Waals surface area contributed by atoms with Crippen molar-refractivity contribution in [3.05, 3.63) is 52.3 Å². The van der Waals surface area contributed by atoms with Gasteiger partial charge in [-0.15, -0.1) is 0 Å². The van der Waals surface area contributed by atoms with Crippen molar-refractivity contribution in [2.24, 2.45) is 0 Å². The fourth-order valence-corrected chi connectivity index (χ4v) is 3.19. The highest BCUT2D eigenvalue weighted by atomic mass is 35.5. The number of hydrogen-bond donors (Lipinski definition) is 0. The average molecular weight is 309 g/mol. The highest BCUT2D eigenvalue weighted by Crippen LogP contribution is 2.29. The van der Waals surface area contributed by atoms with Gasteiger partial charge in [-0.3, -0.25) is 4.90 Å². The molecule has 0 aliphatic carbocycles. The summed E-state index contributed by atoms with van der Waals surface area (Å²) < 4.78 is 2.14. The highest BCUT2D eigenvalue weighted by molar-refractivity contribution is 6.43. The van der Waals surface area contributed by atoms with E-state index in [1.54, 1.807) is 0 Å². The van der Waals surface area contributed by atoms with E-state index in [1.165, 1.54) is 38.0 Å². The zero-order chi connectivity index (χ0) is 13.9. The highest BCUT2D eigenvalue weighted by Gasteiger charge is 2.14. The molecule has 0 bridgehead atoms. The van der Waals surface area contributed by atoms with E-state index in [9.17, 15) is 0 Å². The molecule has 1 aromatic heterocycles. The molecule has 0 atom stereocenters. The summed E-state index contributed by atoms with van der Waals surface area (Å²) in [5.74, 6) is 0. The van der Waals surface area contributed by atoms with Crippen LogP contribution in [0.15, 0.2) is 36.5 Å². The van der Waals surface area contributed by atoms with Crippen LogP contribution in [0.4, 0.5) is 0 Å². The number of halogens is 2. The van der Waals surface area contributed by atoms with Crippen molar-refractivity contribution < 1.29 is 0 Å². The fourth-order valence-electron chi connectivity index (χ4n) is 2.81. The lowest BCUT2D eigenvalue weighted by Gasteiger charge is -2.27. The van der Waals surface area contributed by atoms with Gasteiger partial charge in [0.1, 0.15) is 0 Å². The Morgan fingerprint density at radius 1 is 0.950 bits per heavy atom. The van der Waals surface area contributed by atoms with Crippen molar-refractivity contribution in [3.63, 3.8) is 0 Å². The summed E-state index contributed by atoms with van der Waals surface area (Å²) in [6.07, 6.45) is 6.02. The maximum absolute atomic E-state index is 6.33. The molecule has 0 radical (unpaired) electrons. The van der Waals surface area contributed by atoms with Crippen molar-refractivity contribution in [1.82, 2.24) is 9.47 Å². The number of aromatic nitrogens is 1. The van der Waals surface area contributed by atoms with Gasteiger partial charge in [-0.05, 0) is 50.2 Å². The lowest BCUT2D eigenvalue weighted by molar-refractivity contribution is 0.217. The predicted octanol–water partition coefficient (Wildman–Crippen LogP) is 4.77. The van der Waals surface area contributed by atoms with E-state index in [2.05, 4.69) is 27.8 Å². The molecule has 2 nitrogen and oxygen atoms in total. The van der Waals surface area contributed by atoms with Crippen molar-refractivity contribution >= 4 is 23.2 Å². The van der Waals surface area contributed by atoms with Crippen LogP contribution in [-0.2, 0) is 6.54 Å². The molecular weight excluding hydrogens is 291 g/mol. The van der Waals surface area contributed by atoms with Gasteiger partial charge in [0.2, 0.25) is 0 Å². The molecule has 0 spiro atoms. The summed E-state index contributed by atoms with van der Waals surface area (Å²) in [5.41, 5.74) is 2.22. The minimum atomic E-state index is 0.599. The van der Waals surface area contributed by atoms with E-state index in [0.717, 1.165) is 12.2 Å². The first-order valence-electron chi connectivity index (χ1n) is 7.08. The van der Waals surface area contributed by atoms with Crippen molar-refractivity contribution in [3.8, 4) is 5.69 Å². The summed E-state index contributed by atoms with van der Waals surface area (Å²) >= 11 is 12.5. The minimum absolute atomic E-state index is 0.599.